The van der Waals surface area contributed by atoms with Gasteiger partial charge < -0.3 is 10.2 Å². The molecule has 214 valence electrons. The van der Waals surface area contributed by atoms with Gasteiger partial charge in [-0.3, -0.25) is 13.9 Å². The number of benzene rings is 3. The Morgan fingerprint density at radius 2 is 1.55 bits per heavy atom. The van der Waals surface area contributed by atoms with E-state index in [1.54, 1.807) is 49.4 Å². The fourth-order valence-electron chi connectivity index (χ4n) is 4.40. The average Bonchev–Trinajstić information content (AvgIpc) is 2.89. The van der Waals surface area contributed by atoms with Crippen LogP contribution < -0.4 is 9.62 Å². The van der Waals surface area contributed by atoms with Gasteiger partial charge in [0.25, 0.3) is 10.0 Å². The third-order valence-electron chi connectivity index (χ3n) is 6.61. The molecule has 7 nitrogen and oxygen atoms in total. The molecule has 3 aromatic rings. The normalized spacial score (nSPS) is 12.5. The van der Waals surface area contributed by atoms with Gasteiger partial charge >= 0.3 is 0 Å². The largest absolute Gasteiger partial charge is 0.350 e. The summed E-state index contributed by atoms with van der Waals surface area (Å²) in [7, 11) is -4.15. The molecule has 0 aromatic heterocycles. The Morgan fingerprint density at radius 1 is 0.925 bits per heavy atom. The summed E-state index contributed by atoms with van der Waals surface area (Å²) in [5, 5.41) is 2.93. The van der Waals surface area contributed by atoms with Crippen LogP contribution in [0.25, 0.3) is 0 Å². The maximum atomic E-state index is 14.1. The number of amides is 2. The zero-order valence-corrected chi connectivity index (χ0v) is 24.8. The summed E-state index contributed by atoms with van der Waals surface area (Å²) >= 11 is 0. The molecule has 1 atom stereocenters. The number of nitrogens with one attached hydrogen (secondary N) is 1. The second-order valence-electron chi connectivity index (χ2n) is 10.9. The first-order valence-corrected chi connectivity index (χ1v) is 14.7. The molecule has 40 heavy (non-hydrogen) atoms. The van der Waals surface area contributed by atoms with E-state index < -0.39 is 39.9 Å². The highest BCUT2D eigenvalue weighted by molar-refractivity contribution is 7.92. The van der Waals surface area contributed by atoms with Crippen LogP contribution in [-0.2, 0) is 26.2 Å². The molecule has 0 unspecified atom stereocenters. The molecule has 0 heterocycles. The highest BCUT2D eigenvalue weighted by Gasteiger charge is 2.35. The standard InChI is InChI=1S/C31H38FN3O4S/c1-7-27(30(37)33-31(4,5)6)34(20-24-16-18-25(32)19-17-24)29(36)21-35(28-15-11-12-22(2)23(28)3)40(38,39)26-13-9-8-10-14-26/h8-19,27H,7,20-21H2,1-6H3,(H,33,37)/t27-/m1/s1. The fraction of sp³-hybridized carbons (Fsp3) is 0.355. The third-order valence-corrected chi connectivity index (χ3v) is 8.38. The Labute approximate surface area is 237 Å². The quantitative estimate of drug-likeness (QED) is 0.357. The second-order valence-corrected chi connectivity index (χ2v) is 12.7. The van der Waals surface area contributed by atoms with E-state index in [-0.39, 0.29) is 17.3 Å². The zero-order chi connectivity index (χ0) is 29.7. The Kier molecular flexibility index (Phi) is 9.73. The van der Waals surface area contributed by atoms with Crippen molar-refractivity contribution in [2.24, 2.45) is 0 Å². The summed E-state index contributed by atoms with van der Waals surface area (Å²) in [5.41, 5.74) is 2.04. The van der Waals surface area contributed by atoms with E-state index in [9.17, 15) is 22.4 Å². The lowest BCUT2D eigenvalue weighted by Gasteiger charge is -2.35. The molecule has 9 heteroatoms. The number of carbonyl (C=O) groups is 2. The summed E-state index contributed by atoms with van der Waals surface area (Å²) in [5.74, 6) is -1.33. The Morgan fingerprint density at radius 3 is 2.12 bits per heavy atom. The van der Waals surface area contributed by atoms with Gasteiger partial charge in [0.15, 0.2) is 0 Å². The third kappa shape index (κ3) is 7.47. The number of anilines is 1. The number of nitrogens with zero attached hydrogens (tertiary/aromatic N) is 2. The van der Waals surface area contributed by atoms with E-state index in [2.05, 4.69) is 5.32 Å². The molecular formula is C31H38FN3O4S. The predicted molar refractivity (Wildman–Crippen MR) is 156 cm³/mol. The Balaban J connectivity index is 2.10. The van der Waals surface area contributed by atoms with Crippen LogP contribution in [-0.4, -0.2) is 43.3 Å². The fourth-order valence-corrected chi connectivity index (χ4v) is 5.89. The van der Waals surface area contributed by atoms with E-state index in [0.717, 1.165) is 15.4 Å². The van der Waals surface area contributed by atoms with Gasteiger partial charge in [0, 0.05) is 12.1 Å². The van der Waals surface area contributed by atoms with Crippen LogP contribution >= 0.6 is 0 Å². The molecule has 2 amide bonds. The molecule has 0 saturated heterocycles. The van der Waals surface area contributed by atoms with Gasteiger partial charge in [-0.15, -0.1) is 0 Å². The van der Waals surface area contributed by atoms with Gasteiger partial charge in [-0.25, -0.2) is 12.8 Å². The molecule has 3 rings (SSSR count). The van der Waals surface area contributed by atoms with Crippen molar-refractivity contribution in [3.63, 3.8) is 0 Å². The van der Waals surface area contributed by atoms with E-state index in [0.29, 0.717) is 17.7 Å². The van der Waals surface area contributed by atoms with Crippen molar-refractivity contribution in [1.82, 2.24) is 10.2 Å². The van der Waals surface area contributed by atoms with Crippen molar-refractivity contribution >= 4 is 27.5 Å². The summed E-state index contributed by atoms with van der Waals surface area (Å²) in [4.78, 5) is 28.9. The van der Waals surface area contributed by atoms with Crippen molar-refractivity contribution in [1.29, 1.82) is 0 Å². The van der Waals surface area contributed by atoms with E-state index in [4.69, 9.17) is 0 Å². The van der Waals surface area contributed by atoms with Crippen molar-refractivity contribution < 1.29 is 22.4 Å². The second kappa shape index (κ2) is 12.6. The van der Waals surface area contributed by atoms with Crippen LogP contribution in [0.4, 0.5) is 10.1 Å². The molecule has 0 fully saturated rings. The van der Waals surface area contributed by atoms with Crippen LogP contribution in [0, 0.1) is 19.7 Å². The molecule has 3 aromatic carbocycles. The zero-order valence-electron chi connectivity index (χ0n) is 23.9. The molecule has 1 N–H and O–H groups in total. The molecular weight excluding hydrogens is 529 g/mol. The van der Waals surface area contributed by atoms with Gasteiger partial charge in [-0.1, -0.05) is 49.4 Å². The predicted octanol–water partition coefficient (Wildman–Crippen LogP) is 5.36. The number of aryl methyl sites for hydroxylation is 1. The SMILES string of the molecule is CC[C@H](C(=O)NC(C)(C)C)N(Cc1ccc(F)cc1)C(=O)CN(c1cccc(C)c1C)S(=O)(=O)c1ccccc1. The molecule has 0 aliphatic carbocycles. The average molecular weight is 568 g/mol. The lowest BCUT2D eigenvalue weighted by Crippen LogP contribution is -2.55. The maximum absolute atomic E-state index is 14.1. The van der Waals surface area contributed by atoms with Gasteiger partial charge in [-0.2, -0.15) is 0 Å². The van der Waals surface area contributed by atoms with Crippen molar-refractivity contribution in [2.75, 3.05) is 10.8 Å². The number of carbonyl (C=O) groups excluding carboxylic acids is 2. The van der Waals surface area contributed by atoms with E-state index in [1.807, 2.05) is 40.7 Å². The maximum Gasteiger partial charge on any atom is 0.264 e. The van der Waals surface area contributed by atoms with Gasteiger partial charge in [-0.05, 0) is 88.1 Å². The number of hydrogen-bond donors (Lipinski definition) is 1. The molecule has 0 bridgehead atoms. The molecule has 0 radical (unpaired) electrons. The van der Waals surface area contributed by atoms with Crippen molar-refractivity contribution in [3.8, 4) is 0 Å². The summed E-state index contributed by atoms with van der Waals surface area (Å²) in [6.07, 6.45) is 0.295. The van der Waals surface area contributed by atoms with E-state index >= 15 is 0 Å². The van der Waals surface area contributed by atoms with Crippen LogP contribution in [0.1, 0.15) is 50.8 Å². The van der Waals surface area contributed by atoms with Gasteiger partial charge in [0.2, 0.25) is 11.8 Å². The summed E-state index contributed by atoms with van der Waals surface area (Å²) in [6.45, 7) is 10.5. The van der Waals surface area contributed by atoms with Crippen LogP contribution in [0.2, 0.25) is 0 Å². The number of sulfonamides is 1. The minimum absolute atomic E-state index is 0.00120. The highest BCUT2D eigenvalue weighted by atomic mass is 32.2. The highest BCUT2D eigenvalue weighted by Crippen LogP contribution is 2.29. The van der Waals surface area contributed by atoms with Gasteiger partial charge in [0.1, 0.15) is 18.4 Å². The number of hydrogen-bond acceptors (Lipinski definition) is 4. The first-order valence-electron chi connectivity index (χ1n) is 13.2. The minimum Gasteiger partial charge on any atom is -0.350 e. The summed E-state index contributed by atoms with van der Waals surface area (Å²) < 4.78 is 42.6. The van der Waals surface area contributed by atoms with Crippen molar-refractivity contribution in [3.05, 3.63) is 95.3 Å². The topological polar surface area (TPSA) is 86.8 Å². The molecule has 0 aliphatic rings. The monoisotopic (exact) mass is 567 g/mol. The molecule has 0 spiro atoms. The van der Waals surface area contributed by atoms with E-state index in [1.165, 1.54) is 29.2 Å². The summed E-state index contributed by atoms with van der Waals surface area (Å²) in [6, 6.07) is 18.0. The smallest absolute Gasteiger partial charge is 0.264 e. The number of rotatable bonds is 10. The van der Waals surface area contributed by atoms with Crippen LogP contribution in [0.15, 0.2) is 77.7 Å². The Hall–Kier alpha value is -3.72. The Bertz CT molecular complexity index is 1440. The van der Waals surface area contributed by atoms with Crippen LogP contribution in [0.3, 0.4) is 0 Å². The van der Waals surface area contributed by atoms with Gasteiger partial charge in [0.05, 0.1) is 10.6 Å². The first-order chi connectivity index (χ1) is 18.7. The molecule has 0 aliphatic heterocycles. The van der Waals surface area contributed by atoms with Crippen molar-refractivity contribution in [2.45, 2.75) is 71.0 Å². The molecule has 0 saturated carbocycles. The number of halogens is 1. The minimum atomic E-state index is -4.15. The lowest BCUT2D eigenvalue weighted by molar-refractivity contribution is -0.141. The lowest BCUT2D eigenvalue weighted by atomic mass is 10.1. The van der Waals surface area contributed by atoms with Crippen LogP contribution in [0.5, 0.6) is 0 Å². The first kappa shape index (κ1) is 30.8.